The highest BCUT2D eigenvalue weighted by molar-refractivity contribution is 8.00. The number of nitrogens with zero attached hydrogens (tertiary/aromatic N) is 2. The fourth-order valence-electron chi connectivity index (χ4n) is 3.03. The van der Waals surface area contributed by atoms with Crippen molar-refractivity contribution in [1.29, 1.82) is 5.26 Å². The van der Waals surface area contributed by atoms with E-state index in [1.807, 2.05) is 6.07 Å². The highest BCUT2D eigenvalue weighted by Crippen LogP contribution is 2.43. The average molecular weight is 304 g/mol. The van der Waals surface area contributed by atoms with Crippen molar-refractivity contribution in [2.45, 2.75) is 49.2 Å². The van der Waals surface area contributed by atoms with Gasteiger partial charge >= 0.3 is 0 Å². The third kappa shape index (κ3) is 3.98. The monoisotopic (exact) mass is 304 g/mol. The van der Waals surface area contributed by atoms with E-state index < -0.39 is 0 Å². The van der Waals surface area contributed by atoms with Gasteiger partial charge in [-0.1, -0.05) is 31.9 Å². The van der Waals surface area contributed by atoms with Crippen molar-refractivity contribution < 1.29 is 4.92 Å². The van der Waals surface area contributed by atoms with Gasteiger partial charge in [-0.05, 0) is 31.2 Å². The normalized spacial score (nSPS) is 25.2. The third-order valence-electron chi connectivity index (χ3n) is 4.10. The molecule has 3 atom stereocenters. The summed E-state index contributed by atoms with van der Waals surface area (Å²) in [7, 11) is 0. The first-order valence-electron chi connectivity index (χ1n) is 7.45. The van der Waals surface area contributed by atoms with E-state index in [1.165, 1.54) is 24.2 Å². The van der Waals surface area contributed by atoms with E-state index in [4.69, 9.17) is 0 Å². The summed E-state index contributed by atoms with van der Waals surface area (Å²) in [5.41, 5.74) is 0.150. The zero-order valence-electron chi connectivity index (χ0n) is 12.2. The Bertz CT molecular complexity index is 541. The predicted molar refractivity (Wildman–Crippen MR) is 84.1 cm³/mol. The molecule has 0 heterocycles. The van der Waals surface area contributed by atoms with Crippen molar-refractivity contribution in [2.24, 2.45) is 11.8 Å². The van der Waals surface area contributed by atoms with Gasteiger partial charge in [-0.15, -0.1) is 11.8 Å². The Morgan fingerprint density at radius 3 is 2.86 bits per heavy atom. The molecule has 1 saturated carbocycles. The first-order chi connectivity index (χ1) is 10.2. The van der Waals surface area contributed by atoms with Gasteiger partial charge in [-0.3, -0.25) is 10.1 Å². The van der Waals surface area contributed by atoms with Crippen LogP contribution in [0.5, 0.6) is 0 Å². The topological polar surface area (TPSA) is 66.9 Å². The fraction of sp³-hybridized carbons (Fsp3) is 0.562. The van der Waals surface area contributed by atoms with E-state index in [2.05, 4.69) is 13.0 Å². The quantitative estimate of drug-likeness (QED) is 0.579. The molecule has 1 aliphatic carbocycles. The van der Waals surface area contributed by atoms with Gasteiger partial charge in [-0.25, -0.2) is 0 Å². The molecule has 1 aliphatic rings. The lowest BCUT2D eigenvalue weighted by Crippen LogP contribution is -2.26. The summed E-state index contributed by atoms with van der Waals surface area (Å²) in [6, 6.07) is 9.23. The van der Waals surface area contributed by atoms with Crippen molar-refractivity contribution in [1.82, 2.24) is 0 Å². The molecule has 1 fully saturated rings. The first kappa shape index (κ1) is 15.8. The Hall–Kier alpha value is -1.54. The van der Waals surface area contributed by atoms with Crippen LogP contribution in [-0.4, -0.2) is 10.2 Å². The van der Waals surface area contributed by atoms with Crippen LogP contribution in [-0.2, 0) is 0 Å². The number of benzene rings is 1. The van der Waals surface area contributed by atoms with Crippen LogP contribution in [0.25, 0.3) is 0 Å². The van der Waals surface area contributed by atoms with Crippen LogP contribution in [0, 0.1) is 33.3 Å². The fourth-order valence-corrected chi connectivity index (χ4v) is 4.51. The van der Waals surface area contributed by atoms with Gasteiger partial charge in [-0.2, -0.15) is 5.26 Å². The minimum atomic E-state index is -0.337. The molecular weight excluding hydrogens is 284 g/mol. The predicted octanol–water partition coefficient (Wildman–Crippen LogP) is 4.80. The van der Waals surface area contributed by atoms with Crippen LogP contribution in [0.2, 0.25) is 0 Å². The van der Waals surface area contributed by atoms with Gasteiger partial charge in [0.1, 0.15) is 0 Å². The molecule has 0 aromatic heterocycles. The minimum Gasteiger partial charge on any atom is -0.258 e. The van der Waals surface area contributed by atoms with E-state index >= 15 is 0 Å². The lowest BCUT2D eigenvalue weighted by molar-refractivity contribution is -0.387. The number of rotatable bonds is 5. The molecule has 4 nitrogen and oxygen atoms in total. The molecule has 0 spiro atoms. The highest BCUT2D eigenvalue weighted by atomic mass is 32.2. The van der Waals surface area contributed by atoms with Crippen LogP contribution >= 0.6 is 11.8 Å². The number of thioether (sulfide) groups is 1. The summed E-state index contributed by atoms with van der Waals surface area (Å²) in [6.45, 7) is 2.18. The molecule has 21 heavy (non-hydrogen) atoms. The van der Waals surface area contributed by atoms with Gasteiger partial charge in [0.25, 0.3) is 5.69 Å². The Morgan fingerprint density at radius 2 is 2.19 bits per heavy atom. The first-order valence-corrected chi connectivity index (χ1v) is 8.33. The zero-order chi connectivity index (χ0) is 15.2. The van der Waals surface area contributed by atoms with Gasteiger partial charge in [0.15, 0.2) is 0 Å². The van der Waals surface area contributed by atoms with Gasteiger partial charge < -0.3 is 0 Å². The zero-order valence-corrected chi connectivity index (χ0v) is 13.0. The summed E-state index contributed by atoms with van der Waals surface area (Å²) in [5, 5.41) is 20.6. The maximum Gasteiger partial charge on any atom is 0.282 e. The van der Waals surface area contributed by atoms with Gasteiger partial charge in [0.2, 0.25) is 0 Å². The van der Waals surface area contributed by atoms with E-state index in [0.717, 1.165) is 25.7 Å². The Balaban J connectivity index is 2.15. The minimum absolute atomic E-state index is 0.00270. The molecule has 0 N–H and O–H groups in total. The Morgan fingerprint density at radius 1 is 1.43 bits per heavy atom. The summed E-state index contributed by atoms with van der Waals surface area (Å²) >= 11 is 1.52. The molecule has 3 unspecified atom stereocenters. The smallest absolute Gasteiger partial charge is 0.258 e. The molecule has 112 valence electrons. The molecule has 0 amide bonds. The van der Waals surface area contributed by atoms with Crippen molar-refractivity contribution in [3.05, 3.63) is 34.4 Å². The maximum atomic E-state index is 11.1. The third-order valence-corrected chi connectivity index (χ3v) is 5.53. The number of hydrogen-bond donors (Lipinski definition) is 0. The van der Waals surface area contributed by atoms with E-state index in [1.54, 1.807) is 12.1 Å². The van der Waals surface area contributed by atoms with Crippen molar-refractivity contribution >= 4 is 17.4 Å². The van der Waals surface area contributed by atoms with Crippen LogP contribution in [0.15, 0.2) is 29.2 Å². The summed E-state index contributed by atoms with van der Waals surface area (Å²) in [4.78, 5) is 11.5. The van der Waals surface area contributed by atoms with Crippen molar-refractivity contribution in [3.8, 4) is 6.07 Å². The van der Waals surface area contributed by atoms with E-state index in [-0.39, 0.29) is 21.8 Å². The standard InChI is InChI=1S/C16H20N2O2S/c1-2-5-12-8-9-13(11-17)16(10-12)21-15-7-4-3-6-14(15)18(19)20/h3-4,6-7,12-13,16H,2,5,8-10H2,1H3. The molecular formula is C16H20N2O2S. The van der Waals surface area contributed by atoms with Gasteiger partial charge in [0, 0.05) is 11.3 Å². The van der Waals surface area contributed by atoms with Crippen molar-refractivity contribution in [3.63, 3.8) is 0 Å². The highest BCUT2D eigenvalue weighted by Gasteiger charge is 2.32. The van der Waals surface area contributed by atoms with Crippen LogP contribution in [0.4, 0.5) is 5.69 Å². The largest absolute Gasteiger partial charge is 0.282 e. The second kappa shape index (κ2) is 7.46. The maximum absolute atomic E-state index is 11.1. The molecule has 1 aromatic carbocycles. The second-order valence-corrected chi connectivity index (χ2v) is 6.87. The number of nitriles is 1. The van der Waals surface area contributed by atoms with Gasteiger partial charge in [0.05, 0.1) is 21.8 Å². The number of para-hydroxylation sites is 1. The molecule has 1 aromatic rings. The average Bonchev–Trinajstić information content (AvgIpc) is 2.48. The number of hydrogen-bond acceptors (Lipinski definition) is 4. The SMILES string of the molecule is CCCC1CCC(C#N)C(Sc2ccccc2[N+](=O)[O-])C1. The number of nitro benzene ring substituents is 1. The summed E-state index contributed by atoms with van der Waals surface area (Å²) in [5.74, 6) is 0.655. The second-order valence-electron chi connectivity index (χ2n) is 5.58. The molecule has 5 heteroatoms. The molecule has 2 rings (SSSR count). The van der Waals surface area contributed by atoms with E-state index in [0.29, 0.717) is 10.8 Å². The lowest BCUT2D eigenvalue weighted by Gasteiger charge is -2.32. The summed E-state index contributed by atoms with van der Waals surface area (Å²) < 4.78 is 0. The van der Waals surface area contributed by atoms with Crippen LogP contribution in [0.1, 0.15) is 39.0 Å². The van der Waals surface area contributed by atoms with E-state index in [9.17, 15) is 15.4 Å². The summed E-state index contributed by atoms with van der Waals surface area (Å²) in [6.07, 6.45) is 5.36. The van der Waals surface area contributed by atoms with Crippen LogP contribution < -0.4 is 0 Å². The van der Waals surface area contributed by atoms with Crippen molar-refractivity contribution in [2.75, 3.05) is 0 Å². The molecule has 0 aliphatic heterocycles. The molecule has 0 radical (unpaired) electrons. The Kier molecular flexibility index (Phi) is 5.63. The molecule has 0 bridgehead atoms. The number of nitro groups is 1. The lowest BCUT2D eigenvalue weighted by atomic mass is 9.80. The van der Waals surface area contributed by atoms with Crippen LogP contribution in [0.3, 0.4) is 0 Å². The molecule has 0 saturated heterocycles. The Labute approximate surface area is 129 Å².